The summed E-state index contributed by atoms with van der Waals surface area (Å²) in [5.74, 6) is 0.429. The van der Waals surface area contributed by atoms with E-state index in [9.17, 15) is 5.11 Å². The first-order valence-corrected chi connectivity index (χ1v) is 7.12. The molecule has 2 atom stereocenters. The van der Waals surface area contributed by atoms with Crippen LogP contribution in [0.15, 0.2) is 24.3 Å². The fraction of sp³-hybridized carbons (Fsp3) is 0.625. The second-order valence-electron chi connectivity index (χ2n) is 5.68. The molecule has 1 fully saturated rings. The van der Waals surface area contributed by atoms with Crippen LogP contribution in [0.2, 0.25) is 0 Å². The second kappa shape index (κ2) is 6.24. The number of hydrogen-bond donors (Lipinski definition) is 1. The van der Waals surface area contributed by atoms with Crippen molar-refractivity contribution in [2.45, 2.75) is 45.1 Å². The summed E-state index contributed by atoms with van der Waals surface area (Å²) in [6, 6.07) is 8.59. The van der Waals surface area contributed by atoms with Gasteiger partial charge in [0.15, 0.2) is 0 Å². The van der Waals surface area contributed by atoms with Crippen LogP contribution in [0, 0.1) is 12.8 Å². The first-order valence-electron chi connectivity index (χ1n) is 7.12. The van der Waals surface area contributed by atoms with Crippen LogP contribution >= 0.6 is 0 Å². The molecule has 0 aliphatic heterocycles. The Morgan fingerprint density at radius 2 is 2.00 bits per heavy atom. The number of aryl methyl sites for hydroxylation is 1. The molecule has 100 valence electrons. The van der Waals surface area contributed by atoms with E-state index in [4.69, 9.17) is 0 Å². The Hall–Kier alpha value is -1.02. The topological polar surface area (TPSA) is 23.5 Å². The van der Waals surface area contributed by atoms with Crippen LogP contribution in [0.1, 0.15) is 37.7 Å². The normalized spacial score (nSPS) is 24.6. The maximum Gasteiger partial charge on any atom is 0.0585 e. The Kier molecular flexibility index (Phi) is 4.65. The summed E-state index contributed by atoms with van der Waals surface area (Å²) in [6.45, 7) is 3.09. The third-order valence-corrected chi connectivity index (χ3v) is 4.07. The van der Waals surface area contributed by atoms with Crippen molar-refractivity contribution in [3.63, 3.8) is 0 Å². The van der Waals surface area contributed by atoms with Gasteiger partial charge in [0.1, 0.15) is 0 Å². The van der Waals surface area contributed by atoms with Crippen LogP contribution in [-0.2, 0) is 0 Å². The summed E-state index contributed by atoms with van der Waals surface area (Å²) in [4.78, 5) is 2.28. The van der Waals surface area contributed by atoms with E-state index in [0.717, 1.165) is 19.4 Å². The lowest BCUT2D eigenvalue weighted by atomic mass is 9.96. The molecule has 2 nitrogen and oxygen atoms in total. The highest BCUT2D eigenvalue weighted by Crippen LogP contribution is 2.25. The van der Waals surface area contributed by atoms with E-state index >= 15 is 0 Å². The van der Waals surface area contributed by atoms with Gasteiger partial charge in [-0.05, 0) is 37.5 Å². The van der Waals surface area contributed by atoms with Gasteiger partial charge in [0.25, 0.3) is 0 Å². The molecule has 18 heavy (non-hydrogen) atoms. The van der Waals surface area contributed by atoms with Gasteiger partial charge in [-0.15, -0.1) is 0 Å². The molecule has 1 saturated carbocycles. The van der Waals surface area contributed by atoms with Gasteiger partial charge >= 0.3 is 0 Å². The van der Waals surface area contributed by atoms with Crippen molar-refractivity contribution in [3.8, 4) is 0 Å². The second-order valence-corrected chi connectivity index (χ2v) is 5.68. The molecule has 0 heterocycles. The van der Waals surface area contributed by atoms with E-state index in [1.807, 2.05) is 0 Å². The first kappa shape index (κ1) is 13.4. The van der Waals surface area contributed by atoms with Gasteiger partial charge < -0.3 is 10.0 Å². The van der Waals surface area contributed by atoms with Crippen LogP contribution in [0.4, 0.5) is 5.69 Å². The van der Waals surface area contributed by atoms with Crippen LogP contribution in [0.25, 0.3) is 0 Å². The average Bonchev–Trinajstić information content (AvgIpc) is 2.55. The summed E-state index contributed by atoms with van der Waals surface area (Å²) >= 11 is 0. The number of rotatable bonds is 3. The monoisotopic (exact) mass is 247 g/mol. The van der Waals surface area contributed by atoms with Crippen molar-refractivity contribution >= 4 is 5.69 Å². The fourth-order valence-corrected chi connectivity index (χ4v) is 2.90. The standard InChI is InChI=1S/C16H25NO/c1-13-7-6-9-15(11-13)17(2)12-14-8-4-3-5-10-16(14)18/h6-7,9,11,14,16,18H,3-5,8,10,12H2,1-2H3. The minimum Gasteiger partial charge on any atom is -0.393 e. The Labute approximate surface area is 111 Å². The Balaban J connectivity index is 1.99. The highest BCUT2D eigenvalue weighted by molar-refractivity contribution is 5.47. The summed E-state index contributed by atoms with van der Waals surface area (Å²) in [5, 5.41) is 10.2. The van der Waals surface area contributed by atoms with E-state index in [2.05, 4.69) is 43.1 Å². The van der Waals surface area contributed by atoms with E-state index in [1.165, 1.54) is 30.5 Å². The molecule has 0 radical (unpaired) electrons. The average molecular weight is 247 g/mol. The van der Waals surface area contributed by atoms with Crippen molar-refractivity contribution in [2.75, 3.05) is 18.5 Å². The number of anilines is 1. The third kappa shape index (κ3) is 3.49. The summed E-state index contributed by atoms with van der Waals surface area (Å²) in [5.41, 5.74) is 2.55. The zero-order valence-corrected chi connectivity index (χ0v) is 11.6. The molecule has 0 saturated heterocycles. The molecule has 1 aliphatic rings. The number of hydrogen-bond acceptors (Lipinski definition) is 2. The van der Waals surface area contributed by atoms with Gasteiger partial charge in [-0.25, -0.2) is 0 Å². The molecule has 0 spiro atoms. The van der Waals surface area contributed by atoms with Crippen LogP contribution in [0.5, 0.6) is 0 Å². The summed E-state index contributed by atoms with van der Waals surface area (Å²) < 4.78 is 0. The molecule has 1 N–H and O–H groups in total. The highest BCUT2D eigenvalue weighted by Gasteiger charge is 2.22. The summed E-state index contributed by atoms with van der Waals surface area (Å²) in [6.07, 6.45) is 5.76. The molecule has 2 rings (SSSR count). The Morgan fingerprint density at radius 3 is 2.78 bits per heavy atom. The van der Waals surface area contributed by atoms with Gasteiger partial charge in [-0.2, -0.15) is 0 Å². The molecule has 0 amide bonds. The minimum atomic E-state index is -0.111. The zero-order chi connectivity index (χ0) is 13.0. The van der Waals surface area contributed by atoms with Crippen LogP contribution in [-0.4, -0.2) is 24.8 Å². The van der Waals surface area contributed by atoms with Gasteiger partial charge in [0.2, 0.25) is 0 Å². The highest BCUT2D eigenvalue weighted by atomic mass is 16.3. The lowest BCUT2D eigenvalue weighted by Gasteiger charge is -2.28. The van der Waals surface area contributed by atoms with E-state index in [1.54, 1.807) is 0 Å². The largest absolute Gasteiger partial charge is 0.393 e. The lowest BCUT2D eigenvalue weighted by molar-refractivity contribution is 0.104. The number of benzene rings is 1. The van der Waals surface area contributed by atoms with Gasteiger partial charge in [0, 0.05) is 25.2 Å². The predicted molar refractivity (Wildman–Crippen MR) is 77.0 cm³/mol. The van der Waals surface area contributed by atoms with E-state index in [0.29, 0.717) is 5.92 Å². The molecule has 1 aliphatic carbocycles. The molecule has 0 aromatic heterocycles. The fourth-order valence-electron chi connectivity index (χ4n) is 2.90. The van der Waals surface area contributed by atoms with Gasteiger partial charge in [-0.3, -0.25) is 0 Å². The molecule has 1 aromatic rings. The SMILES string of the molecule is Cc1cccc(N(C)CC2CCCCCC2O)c1. The number of aliphatic hydroxyl groups excluding tert-OH is 1. The Bertz CT molecular complexity index is 377. The van der Waals surface area contributed by atoms with Crippen molar-refractivity contribution < 1.29 is 5.11 Å². The zero-order valence-electron chi connectivity index (χ0n) is 11.6. The summed E-state index contributed by atoms with van der Waals surface area (Å²) in [7, 11) is 2.13. The van der Waals surface area contributed by atoms with Crippen molar-refractivity contribution in [1.29, 1.82) is 0 Å². The molecular weight excluding hydrogens is 222 g/mol. The maximum atomic E-state index is 10.2. The number of nitrogens with zero attached hydrogens (tertiary/aromatic N) is 1. The first-order chi connectivity index (χ1) is 8.66. The molecule has 2 unspecified atom stereocenters. The molecular formula is C16H25NO. The van der Waals surface area contributed by atoms with E-state index in [-0.39, 0.29) is 6.10 Å². The molecule has 1 aromatic carbocycles. The number of aliphatic hydroxyl groups is 1. The quantitative estimate of drug-likeness (QED) is 0.828. The predicted octanol–water partition coefficient (Wildman–Crippen LogP) is 3.37. The smallest absolute Gasteiger partial charge is 0.0585 e. The van der Waals surface area contributed by atoms with Crippen LogP contribution < -0.4 is 4.90 Å². The molecule has 2 heteroatoms. The van der Waals surface area contributed by atoms with Gasteiger partial charge in [0.05, 0.1) is 6.10 Å². The van der Waals surface area contributed by atoms with Crippen molar-refractivity contribution in [2.24, 2.45) is 5.92 Å². The third-order valence-electron chi connectivity index (χ3n) is 4.07. The van der Waals surface area contributed by atoms with E-state index < -0.39 is 0 Å². The lowest BCUT2D eigenvalue weighted by Crippen LogP contribution is -2.32. The Morgan fingerprint density at radius 1 is 1.22 bits per heavy atom. The van der Waals surface area contributed by atoms with Crippen molar-refractivity contribution in [1.82, 2.24) is 0 Å². The van der Waals surface area contributed by atoms with Crippen molar-refractivity contribution in [3.05, 3.63) is 29.8 Å². The van der Waals surface area contributed by atoms with Crippen LogP contribution in [0.3, 0.4) is 0 Å². The minimum absolute atomic E-state index is 0.111. The maximum absolute atomic E-state index is 10.2. The molecule has 0 bridgehead atoms. The van der Waals surface area contributed by atoms with Gasteiger partial charge in [-0.1, -0.05) is 31.4 Å².